The number of nitrogens with two attached hydrogens (primary N) is 1. The lowest BCUT2D eigenvalue weighted by molar-refractivity contribution is 0.318. The zero-order chi connectivity index (χ0) is 11.9. The third-order valence-electron chi connectivity index (χ3n) is 3.07. The molecule has 1 unspecified atom stereocenters. The smallest absolute Gasteiger partial charge is 0.0862 e. The number of nitrogens with zero attached hydrogens (tertiary/aromatic N) is 2. The van der Waals surface area contributed by atoms with E-state index >= 15 is 0 Å². The highest BCUT2D eigenvalue weighted by atomic mass is 35.5. The minimum absolute atomic E-state index is 0.115. The van der Waals surface area contributed by atoms with Gasteiger partial charge in [-0.1, -0.05) is 31.5 Å². The number of allylic oxidation sites excluding steroid dienone is 1. The molecule has 16 heavy (non-hydrogen) atoms. The highest BCUT2D eigenvalue weighted by Gasteiger charge is 2.29. The van der Waals surface area contributed by atoms with Crippen molar-refractivity contribution in [2.24, 2.45) is 18.2 Å². The molecule has 1 atom stereocenters. The minimum atomic E-state index is 0.115. The maximum Gasteiger partial charge on any atom is 0.0862 e. The Labute approximate surface area is 101 Å². The molecule has 0 amide bonds. The van der Waals surface area contributed by atoms with Gasteiger partial charge in [0.15, 0.2) is 0 Å². The Hall–Kier alpha value is -0.800. The summed E-state index contributed by atoms with van der Waals surface area (Å²) in [6.07, 6.45) is 5.82. The average Bonchev–Trinajstić information content (AvgIpc) is 2.42. The number of hydrogen-bond acceptors (Lipinski definition) is 2. The molecule has 1 aromatic heterocycles. The van der Waals surface area contributed by atoms with Gasteiger partial charge in [0.05, 0.1) is 16.9 Å². The standard InChI is InChI=1S/C12H18ClN3/c1-12(2)5-8(4-9(14)6-12)11-10(13)7-15-16(11)3/h4,7,9H,5-6,14H2,1-3H3. The molecule has 0 fully saturated rings. The highest BCUT2D eigenvalue weighted by Crippen LogP contribution is 2.40. The summed E-state index contributed by atoms with van der Waals surface area (Å²) < 4.78 is 1.82. The topological polar surface area (TPSA) is 43.8 Å². The van der Waals surface area contributed by atoms with Crippen LogP contribution in [0.1, 0.15) is 32.4 Å². The summed E-state index contributed by atoms with van der Waals surface area (Å²) in [5.74, 6) is 0. The van der Waals surface area contributed by atoms with Crippen LogP contribution in [0.15, 0.2) is 12.3 Å². The van der Waals surface area contributed by atoms with Crippen LogP contribution >= 0.6 is 11.6 Å². The maximum absolute atomic E-state index is 6.15. The number of hydrogen-bond donors (Lipinski definition) is 1. The van der Waals surface area contributed by atoms with Gasteiger partial charge in [-0.15, -0.1) is 0 Å². The van der Waals surface area contributed by atoms with Gasteiger partial charge in [-0.2, -0.15) is 5.10 Å². The van der Waals surface area contributed by atoms with Gasteiger partial charge in [0.1, 0.15) is 0 Å². The molecule has 0 saturated heterocycles. The summed E-state index contributed by atoms with van der Waals surface area (Å²) in [5.41, 5.74) is 8.51. The highest BCUT2D eigenvalue weighted by molar-refractivity contribution is 6.32. The molecule has 1 heterocycles. The predicted molar refractivity (Wildman–Crippen MR) is 67.2 cm³/mol. The lowest BCUT2D eigenvalue weighted by Crippen LogP contribution is -2.31. The van der Waals surface area contributed by atoms with Crippen molar-refractivity contribution in [3.8, 4) is 0 Å². The van der Waals surface area contributed by atoms with Gasteiger partial charge in [0.25, 0.3) is 0 Å². The SMILES string of the molecule is Cn1ncc(Cl)c1C1=CC(N)CC(C)(C)C1. The van der Waals surface area contributed by atoms with Crippen molar-refractivity contribution in [2.75, 3.05) is 0 Å². The number of rotatable bonds is 1. The van der Waals surface area contributed by atoms with Crippen molar-refractivity contribution in [1.29, 1.82) is 0 Å². The molecule has 88 valence electrons. The van der Waals surface area contributed by atoms with E-state index in [-0.39, 0.29) is 11.5 Å². The fourth-order valence-electron chi connectivity index (χ4n) is 2.54. The summed E-state index contributed by atoms with van der Waals surface area (Å²) in [4.78, 5) is 0. The van der Waals surface area contributed by atoms with Gasteiger partial charge in [0, 0.05) is 13.1 Å². The van der Waals surface area contributed by atoms with Crippen LogP contribution < -0.4 is 5.73 Å². The van der Waals surface area contributed by atoms with Crippen molar-refractivity contribution >= 4 is 17.2 Å². The fourth-order valence-corrected chi connectivity index (χ4v) is 2.82. The summed E-state index contributed by atoms with van der Waals surface area (Å²) in [5, 5.41) is 4.87. The van der Waals surface area contributed by atoms with E-state index in [1.165, 1.54) is 5.57 Å². The van der Waals surface area contributed by atoms with Gasteiger partial charge in [-0.3, -0.25) is 4.68 Å². The van der Waals surface area contributed by atoms with Crippen molar-refractivity contribution < 1.29 is 0 Å². The first kappa shape index (κ1) is 11.7. The van der Waals surface area contributed by atoms with Crippen LogP contribution in [0.5, 0.6) is 0 Å². The summed E-state index contributed by atoms with van der Waals surface area (Å²) in [6, 6.07) is 0.115. The molecule has 1 aliphatic rings. The fraction of sp³-hybridized carbons (Fsp3) is 0.583. The molecule has 1 aromatic rings. The van der Waals surface area contributed by atoms with E-state index in [1.54, 1.807) is 6.20 Å². The molecule has 0 aliphatic heterocycles. The molecule has 0 saturated carbocycles. The van der Waals surface area contributed by atoms with Gasteiger partial charge in [-0.05, 0) is 23.8 Å². The Bertz CT molecular complexity index is 412. The first-order valence-corrected chi connectivity index (χ1v) is 5.91. The van der Waals surface area contributed by atoms with Crippen molar-refractivity contribution in [2.45, 2.75) is 32.7 Å². The molecule has 0 radical (unpaired) electrons. The van der Waals surface area contributed by atoms with E-state index in [0.717, 1.165) is 18.5 Å². The van der Waals surface area contributed by atoms with Gasteiger partial charge < -0.3 is 5.73 Å². The second-order valence-corrected chi connectivity index (χ2v) is 5.77. The molecule has 2 N–H and O–H groups in total. The Morgan fingerprint density at radius 2 is 2.25 bits per heavy atom. The molecule has 2 rings (SSSR count). The zero-order valence-electron chi connectivity index (χ0n) is 10.00. The molecular formula is C12H18ClN3. The lowest BCUT2D eigenvalue weighted by Gasteiger charge is -2.33. The third-order valence-corrected chi connectivity index (χ3v) is 3.35. The van der Waals surface area contributed by atoms with Gasteiger partial charge in [-0.25, -0.2) is 0 Å². The first-order chi connectivity index (χ1) is 7.39. The van der Waals surface area contributed by atoms with Crippen LogP contribution in [0.4, 0.5) is 0 Å². The second-order valence-electron chi connectivity index (χ2n) is 5.37. The zero-order valence-corrected chi connectivity index (χ0v) is 10.8. The van der Waals surface area contributed by atoms with Crippen molar-refractivity contribution in [1.82, 2.24) is 9.78 Å². The molecule has 0 bridgehead atoms. The van der Waals surface area contributed by atoms with Crippen LogP contribution in [-0.2, 0) is 7.05 Å². The van der Waals surface area contributed by atoms with E-state index in [9.17, 15) is 0 Å². The van der Waals surface area contributed by atoms with E-state index < -0.39 is 0 Å². The second kappa shape index (κ2) is 3.90. The molecule has 1 aliphatic carbocycles. The molecule has 0 aromatic carbocycles. The van der Waals surface area contributed by atoms with Crippen LogP contribution in [-0.4, -0.2) is 15.8 Å². The monoisotopic (exact) mass is 239 g/mol. The van der Waals surface area contributed by atoms with E-state index in [4.69, 9.17) is 17.3 Å². The molecule has 0 spiro atoms. The third kappa shape index (κ3) is 2.15. The van der Waals surface area contributed by atoms with Crippen molar-refractivity contribution in [3.63, 3.8) is 0 Å². The summed E-state index contributed by atoms with van der Waals surface area (Å²) in [6.45, 7) is 4.48. The maximum atomic E-state index is 6.15. The number of halogens is 1. The first-order valence-electron chi connectivity index (χ1n) is 5.53. The molecular weight excluding hydrogens is 222 g/mol. The molecule has 3 nitrogen and oxygen atoms in total. The Balaban J connectivity index is 2.41. The largest absolute Gasteiger partial charge is 0.324 e. The van der Waals surface area contributed by atoms with E-state index in [0.29, 0.717) is 5.02 Å². The van der Waals surface area contributed by atoms with Crippen LogP contribution in [0.3, 0.4) is 0 Å². The van der Waals surface area contributed by atoms with Crippen LogP contribution in [0.25, 0.3) is 5.57 Å². The quantitative estimate of drug-likeness (QED) is 0.819. The van der Waals surface area contributed by atoms with Crippen LogP contribution in [0, 0.1) is 5.41 Å². The van der Waals surface area contributed by atoms with Crippen LogP contribution in [0.2, 0.25) is 5.02 Å². The normalized spacial score (nSPS) is 24.3. The van der Waals surface area contributed by atoms with Gasteiger partial charge in [0.2, 0.25) is 0 Å². The predicted octanol–water partition coefficient (Wildman–Crippen LogP) is 2.60. The summed E-state index contributed by atoms with van der Waals surface area (Å²) in [7, 11) is 1.91. The lowest BCUT2D eigenvalue weighted by atomic mass is 9.75. The number of aromatic nitrogens is 2. The summed E-state index contributed by atoms with van der Waals surface area (Å²) >= 11 is 6.15. The Morgan fingerprint density at radius 1 is 1.56 bits per heavy atom. The van der Waals surface area contributed by atoms with E-state index in [2.05, 4.69) is 25.0 Å². The Kier molecular flexibility index (Phi) is 2.84. The number of aryl methyl sites for hydroxylation is 1. The van der Waals surface area contributed by atoms with Gasteiger partial charge >= 0.3 is 0 Å². The Morgan fingerprint density at radius 3 is 2.75 bits per heavy atom. The van der Waals surface area contributed by atoms with E-state index in [1.807, 2.05) is 11.7 Å². The molecule has 4 heteroatoms. The minimum Gasteiger partial charge on any atom is -0.324 e. The average molecular weight is 240 g/mol. The van der Waals surface area contributed by atoms with Crippen molar-refractivity contribution in [3.05, 3.63) is 23.0 Å².